The summed E-state index contributed by atoms with van der Waals surface area (Å²) in [5.41, 5.74) is -0.914. The van der Waals surface area contributed by atoms with Gasteiger partial charge in [-0.05, 0) is 6.42 Å². The number of aliphatic hydroxyl groups excluding tert-OH is 1. The van der Waals surface area contributed by atoms with Gasteiger partial charge in [0, 0.05) is 6.61 Å². The molecule has 5 heteroatoms. The van der Waals surface area contributed by atoms with E-state index in [4.69, 9.17) is 33.7 Å². The minimum atomic E-state index is -0.627. The van der Waals surface area contributed by atoms with Gasteiger partial charge in [-0.2, -0.15) is 0 Å². The lowest BCUT2D eigenvalue weighted by atomic mass is 10.1. The van der Waals surface area contributed by atoms with Crippen LogP contribution in [0.15, 0.2) is 0 Å². The first-order valence-electron chi connectivity index (χ1n) is 2.90. The van der Waals surface area contributed by atoms with Crippen LogP contribution in [-0.4, -0.2) is 27.9 Å². The molecule has 2 atom stereocenters. The summed E-state index contributed by atoms with van der Waals surface area (Å²) >= 11 is 11.1. The Kier molecular flexibility index (Phi) is 2.20. The molecule has 1 fully saturated rings. The molecule has 2 unspecified atom stereocenters. The Morgan fingerprint density at radius 2 is 2.30 bits per heavy atom. The van der Waals surface area contributed by atoms with Gasteiger partial charge in [0.2, 0.25) is 0 Å². The molecule has 10 heavy (non-hydrogen) atoms. The van der Waals surface area contributed by atoms with Crippen LogP contribution in [0.2, 0.25) is 0 Å². The normalized spacial score (nSPS) is 37.7. The van der Waals surface area contributed by atoms with Gasteiger partial charge < -0.3 is 5.11 Å². The van der Waals surface area contributed by atoms with Crippen molar-refractivity contribution in [3.63, 3.8) is 0 Å². The molecule has 0 aromatic heterocycles. The zero-order valence-electron chi connectivity index (χ0n) is 5.19. The molecule has 0 aromatic carbocycles. The maximum absolute atomic E-state index is 8.55. The van der Waals surface area contributed by atoms with Crippen LogP contribution in [0, 0.1) is 5.41 Å². The highest BCUT2D eigenvalue weighted by Crippen LogP contribution is 2.35. The third-order valence-corrected chi connectivity index (χ3v) is 2.45. The van der Waals surface area contributed by atoms with Gasteiger partial charge in [0.15, 0.2) is 0 Å². The minimum Gasteiger partial charge on any atom is -0.396 e. The van der Waals surface area contributed by atoms with Gasteiger partial charge in [-0.15, -0.1) is 11.6 Å². The molecule has 0 bridgehead atoms. The zero-order chi connectivity index (χ0) is 7.78. The molecule has 0 aromatic rings. The Balaban J connectivity index is 2.55. The van der Waals surface area contributed by atoms with Crippen LogP contribution in [0.4, 0.5) is 0 Å². The Morgan fingerprint density at radius 3 is 2.40 bits per heavy atom. The largest absolute Gasteiger partial charge is 0.396 e. The van der Waals surface area contributed by atoms with Crippen molar-refractivity contribution in [2.75, 3.05) is 6.61 Å². The maximum Gasteiger partial charge on any atom is 0.120 e. The van der Waals surface area contributed by atoms with E-state index in [2.05, 4.69) is 5.32 Å². The molecule has 1 saturated heterocycles. The van der Waals surface area contributed by atoms with E-state index in [9.17, 15) is 0 Å². The number of halogens is 2. The molecule has 3 N–H and O–H groups in total. The predicted octanol–water partition coefficient (Wildman–Crippen LogP) is 0.492. The maximum atomic E-state index is 8.55. The summed E-state index contributed by atoms with van der Waals surface area (Å²) in [4.78, 5) is 0. The standard InChI is InChI=1S/C5H8Cl2N2O/c6-3(8)5(1-2-10)4(7)9-5/h4,8-10H,1-2H2. The van der Waals surface area contributed by atoms with E-state index in [1.807, 2.05) is 0 Å². The highest BCUT2D eigenvalue weighted by atomic mass is 35.5. The molecule has 3 nitrogen and oxygen atoms in total. The SMILES string of the molecule is N=C(Cl)C1(CCO)NC1Cl. The summed E-state index contributed by atoms with van der Waals surface area (Å²) in [6.45, 7) is -0.00861. The average molecular weight is 183 g/mol. The average Bonchev–Trinajstić information content (AvgIpc) is 2.44. The molecular weight excluding hydrogens is 175 g/mol. The van der Waals surface area contributed by atoms with E-state index in [1.54, 1.807) is 0 Å². The number of nitrogens with one attached hydrogen (secondary N) is 2. The van der Waals surface area contributed by atoms with Crippen molar-refractivity contribution in [1.82, 2.24) is 5.32 Å². The summed E-state index contributed by atoms with van der Waals surface area (Å²) in [6.07, 6.45) is 0.406. The van der Waals surface area contributed by atoms with Gasteiger partial charge in [0.1, 0.15) is 16.2 Å². The van der Waals surface area contributed by atoms with Gasteiger partial charge in [-0.3, -0.25) is 10.7 Å². The van der Waals surface area contributed by atoms with Gasteiger partial charge in [-0.25, -0.2) is 0 Å². The van der Waals surface area contributed by atoms with Crippen LogP contribution in [-0.2, 0) is 0 Å². The number of hydrogen-bond acceptors (Lipinski definition) is 3. The van der Waals surface area contributed by atoms with Crippen LogP contribution in [0.3, 0.4) is 0 Å². The van der Waals surface area contributed by atoms with Crippen molar-refractivity contribution in [2.45, 2.75) is 17.5 Å². The molecule has 1 heterocycles. The third kappa shape index (κ3) is 1.14. The highest BCUT2D eigenvalue weighted by molar-refractivity contribution is 6.68. The second kappa shape index (κ2) is 2.66. The van der Waals surface area contributed by atoms with Crippen molar-refractivity contribution in [3.8, 4) is 0 Å². The summed E-state index contributed by atoms with van der Waals surface area (Å²) in [5.74, 6) is 0. The Bertz CT molecular complexity index is 164. The van der Waals surface area contributed by atoms with E-state index in [0.717, 1.165) is 0 Å². The van der Waals surface area contributed by atoms with E-state index >= 15 is 0 Å². The van der Waals surface area contributed by atoms with Crippen molar-refractivity contribution in [1.29, 1.82) is 5.41 Å². The smallest absolute Gasteiger partial charge is 0.120 e. The quantitative estimate of drug-likeness (QED) is 0.258. The topological polar surface area (TPSA) is 66.0 Å². The first-order chi connectivity index (χ1) is 4.63. The van der Waals surface area contributed by atoms with Crippen LogP contribution < -0.4 is 5.32 Å². The summed E-state index contributed by atoms with van der Waals surface area (Å²) in [5, 5.41) is 18.4. The monoisotopic (exact) mass is 182 g/mol. The number of alkyl halides is 1. The molecule has 0 aliphatic carbocycles. The van der Waals surface area contributed by atoms with Gasteiger partial charge in [-0.1, -0.05) is 11.6 Å². The second-order valence-electron chi connectivity index (χ2n) is 2.27. The van der Waals surface area contributed by atoms with Gasteiger partial charge in [0.05, 0.1) is 0 Å². The number of rotatable bonds is 3. The van der Waals surface area contributed by atoms with Crippen molar-refractivity contribution in [3.05, 3.63) is 0 Å². The molecule has 1 aliphatic heterocycles. The molecule has 0 radical (unpaired) electrons. The van der Waals surface area contributed by atoms with E-state index < -0.39 is 5.54 Å². The fraction of sp³-hybridized carbons (Fsp3) is 0.800. The lowest BCUT2D eigenvalue weighted by Crippen LogP contribution is -2.25. The highest BCUT2D eigenvalue weighted by Gasteiger charge is 2.55. The minimum absolute atomic E-state index is 0.00861. The van der Waals surface area contributed by atoms with Crippen LogP contribution in [0.25, 0.3) is 0 Å². The zero-order valence-corrected chi connectivity index (χ0v) is 6.71. The Hall–Kier alpha value is 0.170. The first-order valence-corrected chi connectivity index (χ1v) is 3.72. The summed E-state index contributed by atoms with van der Waals surface area (Å²) in [7, 11) is 0. The van der Waals surface area contributed by atoms with E-state index in [1.165, 1.54) is 0 Å². The van der Waals surface area contributed by atoms with Crippen molar-refractivity contribution >= 4 is 28.4 Å². The lowest BCUT2D eigenvalue weighted by molar-refractivity contribution is 0.281. The van der Waals surface area contributed by atoms with Crippen LogP contribution in [0.5, 0.6) is 0 Å². The van der Waals surface area contributed by atoms with Gasteiger partial charge >= 0.3 is 0 Å². The number of hydrogen-bond donors (Lipinski definition) is 3. The molecule has 1 rings (SSSR count). The van der Waals surface area contributed by atoms with Crippen LogP contribution in [0.1, 0.15) is 6.42 Å². The Labute approximate surface area is 68.8 Å². The first kappa shape index (κ1) is 8.27. The lowest BCUT2D eigenvalue weighted by Gasteiger charge is -2.06. The third-order valence-electron chi connectivity index (χ3n) is 1.63. The fourth-order valence-electron chi connectivity index (χ4n) is 0.844. The molecule has 58 valence electrons. The fourth-order valence-corrected chi connectivity index (χ4v) is 1.57. The molecular formula is C5H8Cl2N2O. The molecule has 0 spiro atoms. The predicted molar refractivity (Wildman–Crippen MR) is 40.8 cm³/mol. The molecule has 1 aliphatic rings. The van der Waals surface area contributed by atoms with Crippen molar-refractivity contribution in [2.24, 2.45) is 0 Å². The van der Waals surface area contributed by atoms with Gasteiger partial charge in [0.25, 0.3) is 0 Å². The van der Waals surface area contributed by atoms with E-state index in [-0.39, 0.29) is 17.3 Å². The van der Waals surface area contributed by atoms with Crippen molar-refractivity contribution < 1.29 is 5.11 Å². The molecule has 0 amide bonds. The second-order valence-corrected chi connectivity index (χ2v) is 3.08. The van der Waals surface area contributed by atoms with Crippen LogP contribution >= 0.6 is 23.2 Å². The molecule has 0 saturated carbocycles. The summed E-state index contributed by atoms with van der Waals surface area (Å²) < 4.78 is 0. The van der Waals surface area contributed by atoms with E-state index in [0.29, 0.717) is 6.42 Å². The number of aliphatic hydroxyl groups is 1. The Morgan fingerprint density at radius 1 is 1.80 bits per heavy atom. The summed E-state index contributed by atoms with van der Waals surface area (Å²) in [6, 6.07) is 0.